The number of ether oxygens (including phenoxy) is 2. The summed E-state index contributed by atoms with van der Waals surface area (Å²) in [5, 5.41) is 3.29. The highest BCUT2D eigenvalue weighted by atomic mass is 16.5. The third kappa shape index (κ3) is 3.24. The quantitative estimate of drug-likeness (QED) is 0.807. The summed E-state index contributed by atoms with van der Waals surface area (Å²) < 4.78 is 10.9. The number of carbonyl (C=O) groups excluding carboxylic acids is 2. The minimum atomic E-state index is -0.0829. The number of carbonyl (C=O) groups is 2. The topological polar surface area (TPSA) is 64.6 Å². The van der Waals surface area contributed by atoms with E-state index in [9.17, 15) is 9.59 Å². The van der Waals surface area contributed by atoms with E-state index in [1.807, 2.05) is 0 Å². The smallest absolute Gasteiger partial charge is 0.258 e. The molecule has 25 heavy (non-hydrogen) atoms. The summed E-state index contributed by atoms with van der Waals surface area (Å²) in [6.07, 6.45) is 8.16. The minimum Gasteiger partial charge on any atom is -0.493 e. The van der Waals surface area contributed by atoms with Gasteiger partial charge in [-0.1, -0.05) is 0 Å². The Bertz CT molecular complexity index is 649. The Morgan fingerprint density at radius 3 is 2.36 bits per heavy atom. The highest BCUT2D eigenvalue weighted by Gasteiger charge is 2.51. The molecule has 5 rings (SSSR count). The SMILES string of the molecule is COc1ccc(C=O)cc1OCC(=O)NC12CC3CC(CC(C3)C1)C2. The Morgan fingerprint density at radius 1 is 1.16 bits per heavy atom. The highest BCUT2D eigenvalue weighted by Crippen LogP contribution is 2.55. The molecule has 0 atom stereocenters. The average Bonchev–Trinajstić information content (AvgIpc) is 2.58. The van der Waals surface area contributed by atoms with Gasteiger partial charge in [0.05, 0.1) is 7.11 Å². The number of rotatable bonds is 6. The second-order valence-electron chi connectivity index (χ2n) is 8.06. The molecule has 1 amide bonds. The predicted octanol–water partition coefficient (Wildman–Crippen LogP) is 2.97. The molecule has 4 aliphatic carbocycles. The van der Waals surface area contributed by atoms with Crippen molar-refractivity contribution in [1.29, 1.82) is 0 Å². The first-order valence-corrected chi connectivity index (χ1v) is 9.16. The van der Waals surface area contributed by atoms with E-state index in [0.717, 1.165) is 43.3 Å². The van der Waals surface area contributed by atoms with Gasteiger partial charge in [0.2, 0.25) is 0 Å². The van der Waals surface area contributed by atoms with Gasteiger partial charge in [0, 0.05) is 11.1 Å². The lowest BCUT2D eigenvalue weighted by atomic mass is 9.53. The van der Waals surface area contributed by atoms with Gasteiger partial charge in [-0.2, -0.15) is 0 Å². The molecule has 5 heteroatoms. The molecule has 1 aromatic carbocycles. The molecule has 4 bridgehead atoms. The van der Waals surface area contributed by atoms with E-state index in [0.29, 0.717) is 17.1 Å². The number of benzene rings is 1. The standard InChI is InChI=1S/C20H25NO4/c1-24-17-3-2-13(11-22)7-18(17)25-12-19(23)21-20-8-14-4-15(9-20)6-16(5-14)10-20/h2-3,7,11,14-16H,4-6,8-10,12H2,1H3,(H,21,23). The lowest BCUT2D eigenvalue weighted by molar-refractivity contribution is -0.128. The van der Waals surface area contributed by atoms with E-state index in [-0.39, 0.29) is 18.1 Å². The van der Waals surface area contributed by atoms with Crippen LogP contribution in [0.5, 0.6) is 11.5 Å². The summed E-state index contributed by atoms with van der Waals surface area (Å²) in [7, 11) is 1.54. The average molecular weight is 343 g/mol. The lowest BCUT2D eigenvalue weighted by Gasteiger charge is -2.56. The molecule has 5 nitrogen and oxygen atoms in total. The molecule has 4 fully saturated rings. The summed E-state index contributed by atoms with van der Waals surface area (Å²) in [6, 6.07) is 4.94. The normalized spacial score (nSPS) is 32.3. The summed E-state index contributed by atoms with van der Waals surface area (Å²) in [4.78, 5) is 23.4. The van der Waals surface area contributed by atoms with Gasteiger partial charge in [-0.25, -0.2) is 0 Å². The van der Waals surface area contributed by atoms with Crippen LogP contribution in [0.25, 0.3) is 0 Å². The molecule has 0 aliphatic heterocycles. The van der Waals surface area contributed by atoms with E-state index in [1.54, 1.807) is 18.2 Å². The summed E-state index contributed by atoms with van der Waals surface area (Å²) >= 11 is 0. The molecular weight excluding hydrogens is 318 g/mol. The molecule has 0 saturated heterocycles. The zero-order valence-electron chi connectivity index (χ0n) is 14.6. The predicted molar refractivity (Wildman–Crippen MR) is 92.9 cm³/mol. The fourth-order valence-electron chi connectivity index (χ4n) is 5.62. The molecule has 0 spiro atoms. The largest absolute Gasteiger partial charge is 0.493 e. The first kappa shape index (κ1) is 16.4. The van der Waals surface area contributed by atoms with Crippen LogP contribution in [-0.2, 0) is 4.79 Å². The zero-order valence-corrected chi connectivity index (χ0v) is 14.6. The van der Waals surface area contributed by atoms with Crippen molar-refractivity contribution >= 4 is 12.2 Å². The van der Waals surface area contributed by atoms with Gasteiger partial charge in [0.1, 0.15) is 6.29 Å². The Morgan fingerprint density at radius 2 is 1.80 bits per heavy atom. The number of aldehydes is 1. The second-order valence-corrected chi connectivity index (χ2v) is 8.06. The van der Waals surface area contributed by atoms with Gasteiger partial charge < -0.3 is 14.8 Å². The molecule has 4 aliphatic rings. The van der Waals surface area contributed by atoms with Gasteiger partial charge in [0.25, 0.3) is 5.91 Å². The summed E-state index contributed by atoms with van der Waals surface area (Å²) in [6.45, 7) is -0.0551. The maximum Gasteiger partial charge on any atom is 0.258 e. The van der Waals surface area contributed by atoms with Crippen LogP contribution >= 0.6 is 0 Å². The van der Waals surface area contributed by atoms with Crippen LogP contribution in [-0.4, -0.2) is 31.4 Å². The third-order valence-corrected chi connectivity index (χ3v) is 6.13. The lowest BCUT2D eigenvalue weighted by Crippen LogP contribution is -2.60. The number of amides is 1. The van der Waals surface area contributed by atoms with E-state index in [2.05, 4.69) is 5.32 Å². The van der Waals surface area contributed by atoms with Gasteiger partial charge in [-0.3, -0.25) is 9.59 Å². The molecule has 0 unspecified atom stereocenters. The van der Waals surface area contributed by atoms with Crippen LogP contribution in [0.1, 0.15) is 48.9 Å². The molecule has 0 aromatic heterocycles. The van der Waals surface area contributed by atoms with E-state index in [4.69, 9.17) is 9.47 Å². The van der Waals surface area contributed by atoms with Crippen molar-refractivity contribution in [3.63, 3.8) is 0 Å². The Hall–Kier alpha value is -2.04. The number of hydrogen-bond acceptors (Lipinski definition) is 4. The van der Waals surface area contributed by atoms with Crippen molar-refractivity contribution in [3.05, 3.63) is 23.8 Å². The molecular formula is C20H25NO4. The molecule has 0 heterocycles. The maximum absolute atomic E-state index is 12.5. The third-order valence-electron chi connectivity index (χ3n) is 6.13. The van der Waals surface area contributed by atoms with Crippen molar-refractivity contribution in [2.24, 2.45) is 17.8 Å². The number of nitrogens with one attached hydrogen (secondary N) is 1. The van der Waals surface area contributed by atoms with Crippen molar-refractivity contribution in [2.75, 3.05) is 13.7 Å². The Kier molecular flexibility index (Phi) is 4.18. The van der Waals surface area contributed by atoms with Gasteiger partial charge >= 0.3 is 0 Å². The monoisotopic (exact) mass is 343 g/mol. The van der Waals surface area contributed by atoms with Crippen LogP contribution in [0, 0.1) is 17.8 Å². The van der Waals surface area contributed by atoms with Crippen molar-refractivity contribution in [2.45, 2.75) is 44.1 Å². The molecule has 4 saturated carbocycles. The van der Waals surface area contributed by atoms with E-state index < -0.39 is 0 Å². The second kappa shape index (κ2) is 6.36. The fraction of sp³-hybridized carbons (Fsp3) is 0.600. The summed E-state index contributed by atoms with van der Waals surface area (Å²) in [5.41, 5.74) is 0.487. The highest BCUT2D eigenvalue weighted by molar-refractivity contribution is 5.79. The first-order valence-electron chi connectivity index (χ1n) is 9.16. The maximum atomic E-state index is 12.5. The van der Waals surface area contributed by atoms with Gasteiger partial charge in [0.15, 0.2) is 18.1 Å². The van der Waals surface area contributed by atoms with Gasteiger partial charge in [-0.05, 0) is 74.5 Å². The van der Waals surface area contributed by atoms with Crippen molar-refractivity contribution in [1.82, 2.24) is 5.32 Å². The zero-order chi connectivity index (χ0) is 17.4. The fourth-order valence-corrected chi connectivity index (χ4v) is 5.62. The minimum absolute atomic E-state index is 0.01000. The van der Waals surface area contributed by atoms with Gasteiger partial charge in [-0.15, -0.1) is 0 Å². The van der Waals surface area contributed by atoms with Crippen LogP contribution < -0.4 is 14.8 Å². The Balaban J connectivity index is 1.39. The van der Waals surface area contributed by atoms with E-state index >= 15 is 0 Å². The molecule has 1 N–H and O–H groups in total. The van der Waals surface area contributed by atoms with E-state index in [1.165, 1.54) is 26.4 Å². The molecule has 0 radical (unpaired) electrons. The molecule has 1 aromatic rings. The van der Waals surface area contributed by atoms with Crippen LogP contribution in [0.3, 0.4) is 0 Å². The van der Waals surface area contributed by atoms with Crippen molar-refractivity contribution in [3.8, 4) is 11.5 Å². The molecule has 134 valence electrons. The van der Waals surface area contributed by atoms with Crippen LogP contribution in [0.2, 0.25) is 0 Å². The summed E-state index contributed by atoms with van der Waals surface area (Å²) in [5.74, 6) is 3.23. The van der Waals surface area contributed by atoms with Crippen LogP contribution in [0.15, 0.2) is 18.2 Å². The number of methoxy groups -OCH3 is 1. The van der Waals surface area contributed by atoms with Crippen LogP contribution in [0.4, 0.5) is 0 Å². The Labute approximate surface area is 148 Å². The first-order chi connectivity index (χ1) is 12.1. The van der Waals surface area contributed by atoms with Crippen molar-refractivity contribution < 1.29 is 19.1 Å². The number of hydrogen-bond donors (Lipinski definition) is 1.